The molecular weight excluding hydrogens is 292 g/mol. The third-order valence-corrected chi connectivity index (χ3v) is 4.17. The number of anilines is 1. The lowest BCUT2D eigenvalue weighted by atomic mass is 9.94. The van der Waals surface area contributed by atoms with Crippen molar-refractivity contribution in [2.45, 2.75) is 39.2 Å². The predicted molar refractivity (Wildman–Crippen MR) is 89.1 cm³/mol. The Hall–Kier alpha value is -2.18. The third kappa shape index (κ3) is 3.28. The van der Waals surface area contributed by atoms with E-state index in [0.29, 0.717) is 0 Å². The normalized spacial score (nSPS) is 16.8. The molecule has 0 atom stereocenters. The first-order chi connectivity index (χ1) is 10.8. The number of aromatic nitrogens is 4. The summed E-state index contributed by atoms with van der Waals surface area (Å²) in [5, 5.41) is 8.30. The molecule has 7 heteroatoms. The number of nitrogens with zero attached hydrogens (tertiary/aromatic N) is 5. The van der Waals surface area contributed by atoms with E-state index in [1.165, 1.54) is 0 Å². The summed E-state index contributed by atoms with van der Waals surface area (Å²) in [6.45, 7) is 7.69. The fourth-order valence-electron chi connectivity index (χ4n) is 3.03. The average Bonchev–Trinajstić information content (AvgIpc) is 2.87. The lowest BCUT2D eigenvalue weighted by Crippen LogP contribution is -2.47. The summed E-state index contributed by atoms with van der Waals surface area (Å²) >= 11 is 0. The first-order valence-corrected chi connectivity index (χ1v) is 8.05. The molecule has 1 fully saturated rings. The Kier molecular flexibility index (Phi) is 3.95. The van der Waals surface area contributed by atoms with Crippen molar-refractivity contribution in [3.63, 3.8) is 0 Å². The molecule has 1 aliphatic rings. The molecule has 1 saturated heterocycles. The molecule has 0 aliphatic carbocycles. The van der Waals surface area contributed by atoms with E-state index in [0.717, 1.165) is 42.8 Å². The zero-order chi connectivity index (χ0) is 16.6. The van der Waals surface area contributed by atoms with Crippen molar-refractivity contribution in [1.82, 2.24) is 25.1 Å². The molecule has 0 spiro atoms. The maximum Gasteiger partial charge on any atom is 0.223 e. The second kappa shape index (κ2) is 5.79. The molecule has 0 unspecified atom stereocenters. The molecular formula is C16H24N6O. The van der Waals surface area contributed by atoms with Crippen LogP contribution in [0.25, 0.3) is 11.0 Å². The van der Waals surface area contributed by atoms with E-state index in [2.05, 4.69) is 25.3 Å². The molecule has 0 bridgehead atoms. The van der Waals surface area contributed by atoms with Gasteiger partial charge in [-0.25, -0.2) is 9.97 Å². The monoisotopic (exact) mass is 316 g/mol. The van der Waals surface area contributed by atoms with E-state index in [4.69, 9.17) is 0 Å². The van der Waals surface area contributed by atoms with Crippen LogP contribution in [0.3, 0.4) is 0 Å². The highest BCUT2D eigenvalue weighted by molar-refractivity contribution is 5.87. The van der Waals surface area contributed by atoms with Gasteiger partial charge in [0, 0.05) is 31.6 Å². The van der Waals surface area contributed by atoms with Crippen molar-refractivity contribution >= 4 is 22.8 Å². The Balaban J connectivity index is 1.70. The van der Waals surface area contributed by atoms with Crippen LogP contribution in [0.5, 0.6) is 0 Å². The number of hydrogen-bond acceptors (Lipinski definition) is 5. The number of carbonyl (C=O) groups is 1. The van der Waals surface area contributed by atoms with Crippen LogP contribution in [-0.2, 0) is 11.8 Å². The highest BCUT2D eigenvalue weighted by atomic mass is 16.2. The Bertz CT molecular complexity index is 709. The second-order valence-electron chi connectivity index (χ2n) is 7.20. The predicted octanol–water partition coefficient (Wildman–Crippen LogP) is 1.49. The van der Waals surface area contributed by atoms with E-state index in [9.17, 15) is 4.79 Å². The number of rotatable bonds is 2. The van der Waals surface area contributed by atoms with Crippen LogP contribution in [0.2, 0.25) is 0 Å². The molecule has 0 aromatic carbocycles. The van der Waals surface area contributed by atoms with E-state index in [-0.39, 0.29) is 17.4 Å². The van der Waals surface area contributed by atoms with Crippen LogP contribution in [0.4, 0.5) is 5.82 Å². The summed E-state index contributed by atoms with van der Waals surface area (Å²) in [5.41, 5.74) is 0.658. The number of aryl methyl sites for hydroxylation is 1. The van der Waals surface area contributed by atoms with Gasteiger partial charge in [0.1, 0.15) is 12.1 Å². The van der Waals surface area contributed by atoms with Gasteiger partial charge in [-0.1, -0.05) is 0 Å². The molecule has 1 N–H and O–H groups in total. The van der Waals surface area contributed by atoms with Crippen LogP contribution >= 0.6 is 0 Å². The number of amides is 1. The van der Waals surface area contributed by atoms with Crippen molar-refractivity contribution in [2.24, 2.45) is 13.0 Å². The minimum atomic E-state index is -0.178. The first kappa shape index (κ1) is 15.7. The summed E-state index contributed by atoms with van der Waals surface area (Å²) in [6, 6.07) is 0. The van der Waals surface area contributed by atoms with E-state index >= 15 is 0 Å². The Morgan fingerprint density at radius 3 is 2.61 bits per heavy atom. The Labute approximate surface area is 136 Å². The number of fused-ring (bicyclic) bond motifs is 1. The number of hydrogen-bond donors (Lipinski definition) is 1. The largest absolute Gasteiger partial charge is 0.356 e. The Morgan fingerprint density at radius 1 is 1.26 bits per heavy atom. The molecule has 7 nitrogen and oxygen atoms in total. The van der Waals surface area contributed by atoms with Gasteiger partial charge in [-0.2, -0.15) is 5.10 Å². The smallest absolute Gasteiger partial charge is 0.223 e. The Morgan fingerprint density at radius 2 is 1.96 bits per heavy atom. The molecule has 1 amide bonds. The minimum Gasteiger partial charge on any atom is -0.356 e. The topological polar surface area (TPSA) is 75.9 Å². The summed E-state index contributed by atoms with van der Waals surface area (Å²) in [4.78, 5) is 23.2. The van der Waals surface area contributed by atoms with Crippen LogP contribution < -0.4 is 10.2 Å². The van der Waals surface area contributed by atoms with E-state index in [1.807, 2.05) is 34.0 Å². The van der Waals surface area contributed by atoms with Gasteiger partial charge in [0.25, 0.3) is 0 Å². The fraction of sp³-hybridized carbons (Fsp3) is 0.625. The maximum atomic E-state index is 12.3. The van der Waals surface area contributed by atoms with E-state index in [1.54, 1.807) is 11.0 Å². The molecule has 2 aromatic heterocycles. The molecule has 124 valence electrons. The summed E-state index contributed by atoms with van der Waals surface area (Å²) in [7, 11) is 1.88. The van der Waals surface area contributed by atoms with Gasteiger partial charge in [-0.05, 0) is 33.6 Å². The summed E-state index contributed by atoms with van der Waals surface area (Å²) in [5.74, 6) is 1.15. The van der Waals surface area contributed by atoms with Gasteiger partial charge in [0.15, 0.2) is 5.65 Å². The van der Waals surface area contributed by atoms with Gasteiger partial charge >= 0.3 is 0 Å². The van der Waals surface area contributed by atoms with Gasteiger partial charge < -0.3 is 10.2 Å². The SMILES string of the molecule is Cn1ncc2c(N3CCC(C(=O)NC(C)(C)C)CC3)ncnc21. The number of nitrogens with one attached hydrogen (secondary N) is 1. The molecule has 3 heterocycles. The summed E-state index contributed by atoms with van der Waals surface area (Å²) < 4.78 is 1.75. The quantitative estimate of drug-likeness (QED) is 0.908. The van der Waals surface area contributed by atoms with Crippen LogP contribution in [0, 0.1) is 5.92 Å². The standard InChI is InChI=1S/C16H24N6O/c1-16(2,3)20-15(23)11-5-7-22(8-6-11)14-12-9-19-21(4)13(12)17-10-18-14/h9-11H,5-8H2,1-4H3,(H,20,23). The van der Waals surface area contributed by atoms with Crippen LogP contribution in [-0.4, -0.2) is 44.3 Å². The highest BCUT2D eigenvalue weighted by Gasteiger charge is 2.28. The van der Waals surface area contributed by atoms with E-state index < -0.39 is 0 Å². The molecule has 0 radical (unpaired) electrons. The lowest BCUT2D eigenvalue weighted by Gasteiger charge is -2.33. The van der Waals surface area contributed by atoms with Gasteiger partial charge in [-0.3, -0.25) is 9.48 Å². The van der Waals surface area contributed by atoms with Crippen molar-refractivity contribution in [3.05, 3.63) is 12.5 Å². The molecule has 1 aliphatic heterocycles. The maximum absolute atomic E-state index is 12.3. The number of carbonyl (C=O) groups excluding carboxylic acids is 1. The summed E-state index contributed by atoms with van der Waals surface area (Å²) in [6.07, 6.45) is 5.07. The molecule has 2 aromatic rings. The zero-order valence-corrected chi connectivity index (χ0v) is 14.2. The van der Waals surface area contributed by atoms with Crippen molar-refractivity contribution < 1.29 is 4.79 Å². The van der Waals surface area contributed by atoms with Gasteiger partial charge in [-0.15, -0.1) is 0 Å². The van der Waals surface area contributed by atoms with Crippen molar-refractivity contribution in [1.29, 1.82) is 0 Å². The molecule has 0 saturated carbocycles. The molecule has 23 heavy (non-hydrogen) atoms. The van der Waals surface area contributed by atoms with Crippen LogP contribution in [0.15, 0.2) is 12.5 Å². The minimum absolute atomic E-state index is 0.0803. The zero-order valence-electron chi connectivity index (χ0n) is 14.2. The van der Waals surface area contributed by atoms with Crippen molar-refractivity contribution in [2.75, 3.05) is 18.0 Å². The lowest BCUT2D eigenvalue weighted by molar-refractivity contribution is -0.127. The first-order valence-electron chi connectivity index (χ1n) is 8.05. The molecule has 3 rings (SSSR count). The fourth-order valence-corrected chi connectivity index (χ4v) is 3.03. The number of piperidine rings is 1. The van der Waals surface area contributed by atoms with Crippen molar-refractivity contribution in [3.8, 4) is 0 Å². The highest BCUT2D eigenvalue weighted by Crippen LogP contribution is 2.27. The van der Waals surface area contributed by atoms with Gasteiger partial charge in [0.2, 0.25) is 5.91 Å². The third-order valence-electron chi connectivity index (χ3n) is 4.17. The van der Waals surface area contributed by atoms with Gasteiger partial charge in [0.05, 0.1) is 11.6 Å². The van der Waals surface area contributed by atoms with Crippen LogP contribution in [0.1, 0.15) is 33.6 Å². The second-order valence-corrected chi connectivity index (χ2v) is 7.20. The average molecular weight is 316 g/mol.